The topological polar surface area (TPSA) is 55.1 Å². The van der Waals surface area contributed by atoms with Gasteiger partial charge in [0.15, 0.2) is 12.0 Å². The molecule has 0 bridgehead atoms. The molecule has 3 aromatic rings. The predicted molar refractivity (Wildman–Crippen MR) is 68.3 cm³/mol. The zero-order chi connectivity index (χ0) is 14.1. The van der Waals surface area contributed by atoms with Gasteiger partial charge in [0.05, 0.1) is 0 Å². The third kappa shape index (κ3) is 2.11. The summed E-state index contributed by atoms with van der Waals surface area (Å²) < 4.78 is 32.0. The maximum Gasteiger partial charge on any atom is 0.255 e. The van der Waals surface area contributed by atoms with Crippen LogP contribution in [0.15, 0.2) is 47.2 Å². The van der Waals surface area contributed by atoms with Gasteiger partial charge in [-0.2, -0.15) is 0 Å². The molecule has 1 N–H and O–H groups in total. The lowest BCUT2D eigenvalue weighted by molar-refractivity contribution is 0.102. The summed E-state index contributed by atoms with van der Waals surface area (Å²) in [5.74, 6) is -2.30. The average Bonchev–Trinajstić information content (AvgIpc) is 2.90. The fraction of sp³-hybridized carbons (Fsp3) is 0. The van der Waals surface area contributed by atoms with Crippen LogP contribution in [0.1, 0.15) is 10.4 Å². The van der Waals surface area contributed by atoms with Crippen LogP contribution in [-0.4, -0.2) is 10.9 Å². The number of aromatic nitrogens is 1. The first-order valence-corrected chi connectivity index (χ1v) is 5.74. The standard InChI is InChI=1S/C14H8F2N2O2/c15-9-2-1-3-10(16)13(9)18-14(19)8-4-5-11-12(6-8)20-7-17-11/h1-7H,(H,18,19). The number of benzene rings is 2. The Morgan fingerprint density at radius 1 is 1.15 bits per heavy atom. The predicted octanol–water partition coefficient (Wildman–Crippen LogP) is 3.36. The molecule has 4 nitrogen and oxygen atoms in total. The number of hydrogen-bond acceptors (Lipinski definition) is 3. The van der Waals surface area contributed by atoms with Crippen molar-refractivity contribution < 1.29 is 18.0 Å². The highest BCUT2D eigenvalue weighted by Crippen LogP contribution is 2.20. The van der Waals surface area contributed by atoms with E-state index in [0.29, 0.717) is 11.1 Å². The largest absolute Gasteiger partial charge is 0.443 e. The van der Waals surface area contributed by atoms with Crippen LogP contribution in [0.2, 0.25) is 0 Å². The molecule has 0 saturated heterocycles. The number of para-hydroxylation sites is 1. The highest BCUT2D eigenvalue weighted by Gasteiger charge is 2.14. The van der Waals surface area contributed by atoms with Gasteiger partial charge < -0.3 is 9.73 Å². The number of oxazole rings is 1. The molecule has 0 aliphatic carbocycles. The van der Waals surface area contributed by atoms with E-state index in [4.69, 9.17) is 4.42 Å². The fourth-order valence-corrected chi connectivity index (χ4v) is 1.80. The normalized spacial score (nSPS) is 10.7. The van der Waals surface area contributed by atoms with Gasteiger partial charge in [0.2, 0.25) is 0 Å². The lowest BCUT2D eigenvalue weighted by Crippen LogP contribution is -2.14. The van der Waals surface area contributed by atoms with E-state index in [0.717, 1.165) is 12.1 Å². The quantitative estimate of drug-likeness (QED) is 0.779. The summed E-state index contributed by atoms with van der Waals surface area (Å²) in [6.07, 6.45) is 1.25. The van der Waals surface area contributed by atoms with E-state index in [1.165, 1.54) is 24.6 Å². The lowest BCUT2D eigenvalue weighted by atomic mass is 10.2. The summed E-state index contributed by atoms with van der Waals surface area (Å²) in [5, 5.41) is 2.20. The van der Waals surface area contributed by atoms with Crippen molar-refractivity contribution >= 4 is 22.7 Å². The smallest absolute Gasteiger partial charge is 0.255 e. The van der Waals surface area contributed by atoms with Gasteiger partial charge in [-0.25, -0.2) is 13.8 Å². The van der Waals surface area contributed by atoms with Gasteiger partial charge in [0.1, 0.15) is 22.8 Å². The molecule has 0 spiro atoms. The van der Waals surface area contributed by atoms with Crippen LogP contribution < -0.4 is 5.32 Å². The Kier molecular flexibility index (Phi) is 2.90. The molecule has 1 heterocycles. The average molecular weight is 274 g/mol. The second-order valence-corrected chi connectivity index (χ2v) is 4.09. The number of hydrogen-bond donors (Lipinski definition) is 1. The SMILES string of the molecule is O=C(Nc1c(F)cccc1F)c1ccc2ncoc2c1. The number of carbonyl (C=O) groups is 1. The monoisotopic (exact) mass is 274 g/mol. The molecule has 0 radical (unpaired) electrons. The molecule has 0 aliphatic rings. The molecule has 1 aromatic heterocycles. The first kappa shape index (κ1) is 12.3. The second kappa shape index (κ2) is 4.73. The number of halogens is 2. The van der Waals surface area contributed by atoms with Crippen molar-refractivity contribution in [2.24, 2.45) is 0 Å². The summed E-state index contributed by atoms with van der Waals surface area (Å²) >= 11 is 0. The Balaban J connectivity index is 1.92. The van der Waals surface area contributed by atoms with Gasteiger partial charge in [-0.3, -0.25) is 4.79 Å². The van der Waals surface area contributed by atoms with Crippen molar-refractivity contribution in [3.8, 4) is 0 Å². The molecule has 6 heteroatoms. The number of rotatable bonds is 2. The zero-order valence-electron chi connectivity index (χ0n) is 10.1. The van der Waals surface area contributed by atoms with Crippen LogP contribution in [0.3, 0.4) is 0 Å². The third-order valence-corrected chi connectivity index (χ3v) is 2.79. The number of fused-ring (bicyclic) bond motifs is 1. The number of anilines is 1. The van der Waals surface area contributed by atoms with Crippen LogP contribution in [0.5, 0.6) is 0 Å². The van der Waals surface area contributed by atoms with Gasteiger partial charge in [-0.05, 0) is 30.3 Å². The fourth-order valence-electron chi connectivity index (χ4n) is 1.80. The van der Waals surface area contributed by atoms with E-state index in [2.05, 4.69) is 10.3 Å². The molecule has 0 unspecified atom stereocenters. The van der Waals surface area contributed by atoms with E-state index in [9.17, 15) is 13.6 Å². The lowest BCUT2D eigenvalue weighted by Gasteiger charge is -2.07. The van der Waals surface area contributed by atoms with E-state index < -0.39 is 23.2 Å². The van der Waals surface area contributed by atoms with E-state index in [-0.39, 0.29) is 5.56 Å². The Bertz CT molecular complexity index is 778. The highest BCUT2D eigenvalue weighted by molar-refractivity contribution is 6.05. The number of carbonyl (C=O) groups excluding carboxylic acids is 1. The Hall–Kier alpha value is -2.76. The maximum atomic E-state index is 13.4. The van der Waals surface area contributed by atoms with Gasteiger partial charge in [0, 0.05) is 5.56 Å². The minimum Gasteiger partial charge on any atom is -0.443 e. The molecule has 0 saturated carbocycles. The molecule has 2 aromatic carbocycles. The number of amides is 1. The molecular formula is C14H8F2N2O2. The van der Waals surface area contributed by atoms with Gasteiger partial charge >= 0.3 is 0 Å². The molecule has 0 aliphatic heterocycles. The number of nitrogens with one attached hydrogen (secondary N) is 1. The Labute approximate surface area is 112 Å². The van der Waals surface area contributed by atoms with Crippen molar-refractivity contribution in [2.45, 2.75) is 0 Å². The zero-order valence-corrected chi connectivity index (χ0v) is 10.1. The van der Waals surface area contributed by atoms with Crippen LogP contribution in [0, 0.1) is 11.6 Å². The van der Waals surface area contributed by atoms with Crippen LogP contribution in [0.25, 0.3) is 11.1 Å². The van der Waals surface area contributed by atoms with Crippen molar-refractivity contribution in [1.29, 1.82) is 0 Å². The first-order chi connectivity index (χ1) is 9.65. The van der Waals surface area contributed by atoms with Crippen LogP contribution in [-0.2, 0) is 0 Å². The number of nitrogens with zero attached hydrogens (tertiary/aromatic N) is 1. The molecule has 3 rings (SSSR count). The van der Waals surface area contributed by atoms with E-state index >= 15 is 0 Å². The summed E-state index contributed by atoms with van der Waals surface area (Å²) in [6.45, 7) is 0. The minimum atomic E-state index is -0.834. The minimum absolute atomic E-state index is 0.219. The highest BCUT2D eigenvalue weighted by atomic mass is 19.1. The van der Waals surface area contributed by atoms with E-state index in [1.807, 2.05) is 0 Å². The van der Waals surface area contributed by atoms with Gasteiger partial charge in [-0.15, -0.1) is 0 Å². The van der Waals surface area contributed by atoms with Crippen LogP contribution >= 0.6 is 0 Å². The summed E-state index contributed by atoms with van der Waals surface area (Å²) in [4.78, 5) is 15.9. The summed E-state index contributed by atoms with van der Waals surface area (Å²) in [5.41, 5.74) is 0.761. The molecule has 0 fully saturated rings. The van der Waals surface area contributed by atoms with Crippen molar-refractivity contribution in [1.82, 2.24) is 4.98 Å². The van der Waals surface area contributed by atoms with Crippen LogP contribution in [0.4, 0.5) is 14.5 Å². The summed E-state index contributed by atoms with van der Waals surface area (Å²) in [6, 6.07) is 7.90. The van der Waals surface area contributed by atoms with Crippen molar-refractivity contribution in [2.75, 3.05) is 5.32 Å². The summed E-state index contributed by atoms with van der Waals surface area (Å²) in [7, 11) is 0. The molecule has 0 atom stereocenters. The van der Waals surface area contributed by atoms with Crippen molar-refractivity contribution in [3.63, 3.8) is 0 Å². The molecule has 100 valence electrons. The van der Waals surface area contributed by atoms with Gasteiger partial charge in [0.25, 0.3) is 5.91 Å². The molecular weight excluding hydrogens is 266 g/mol. The Morgan fingerprint density at radius 3 is 2.65 bits per heavy atom. The maximum absolute atomic E-state index is 13.4. The van der Waals surface area contributed by atoms with E-state index in [1.54, 1.807) is 6.07 Å². The first-order valence-electron chi connectivity index (χ1n) is 5.74. The van der Waals surface area contributed by atoms with Gasteiger partial charge in [-0.1, -0.05) is 6.07 Å². The molecule has 20 heavy (non-hydrogen) atoms. The third-order valence-electron chi connectivity index (χ3n) is 2.79. The van der Waals surface area contributed by atoms with Crippen molar-refractivity contribution in [3.05, 3.63) is 60.0 Å². The second-order valence-electron chi connectivity index (χ2n) is 4.09. The Morgan fingerprint density at radius 2 is 1.90 bits per heavy atom. The molecule has 1 amide bonds.